The minimum absolute atomic E-state index is 0.138. The fourth-order valence-corrected chi connectivity index (χ4v) is 2.97. The van der Waals surface area contributed by atoms with Crippen LogP contribution in [0, 0.1) is 0 Å². The summed E-state index contributed by atoms with van der Waals surface area (Å²) < 4.78 is 0. The number of carbonyl (C=O) groups is 5. The number of likely N-dealkylation sites (tertiary alicyclic amines) is 1. The van der Waals surface area contributed by atoms with Gasteiger partial charge in [-0.25, -0.2) is 4.79 Å². The standard InChI is InChI=1S/C17H28N4O9/c1-8(23)13(18)15(27)20-10(7-22)16(28)21-6-2-3-11(21)14(26)19-9(17(29)30)4-5-12(24)25/h8-11,13,22-23H,2-7,18H2,1H3,(H,19,26)(H,20,27)(H,24,25)(H,29,30). The monoisotopic (exact) mass is 432 g/mol. The quantitative estimate of drug-likeness (QED) is 0.171. The molecule has 0 aliphatic carbocycles. The highest BCUT2D eigenvalue weighted by atomic mass is 16.4. The van der Waals surface area contributed by atoms with Gasteiger partial charge in [-0.2, -0.15) is 0 Å². The van der Waals surface area contributed by atoms with E-state index < -0.39 is 73.0 Å². The summed E-state index contributed by atoms with van der Waals surface area (Å²) in [4.78, 5) is 60.3. The van der Waals surface area contributed by atoms with Gasteiger partial charge < -0.3 is 41.7 Å². The van der Waals surface area contributed by atoms with E-state index in [-0.39, 0.29) is 19.4 Å². The van der Waals surface area contributed by atoms with Gasteiger partial charge in [0.05, 0.1) is 12.7 Å². The number of nitrogens with zero attached hydrogens (tertiary/aromatic N) is 1. The first-order chi connectivity index (χ1) is 14.0. The molecule has 170 valence electrons. The fourth-order valence-electron chi connectivity index (χ4n) is 2.97. The molecule has 0 aromatic rings. The molecule has 5 unspecified atom stereocenters. The zero-order chi connectivity index (χ0) is 23.0. The molecule has 13 heteroatoms. The van der Waals surface area contributed by atoms with Crippen molar-refractivity contribution < 1.29 is 44.4 Å². The van der Waals surface area contributed by atoms with E-state index in [0.717, 1.165) is 4.90 Å². The Balaban J connectivity index is 2.83. The number of amides is 3. The molecule has 3 amide bonds. The summed E-state index contributed by atoms with van der Waals surface area (Å²) in [5, 5.41) is 41.2. The third-order valence-electron chi connectivity index (χ3n) is 4.72. The number of carboxylic acid groups (broad SMARTS) is 2. The van der Waals surface area contributed by atoms with E-state index in [0.29, 0.717) is 6.42 Å². The van der Waals surface area contributed by atoms with Gasteiger partial charge in [0.25, 0.3) is 0 Å². The Kier molecular flexibility index (Phi) is 9.62. The summed E-state index contributed by atoms with van der Waals surface area (Å²) in [6.45, 7) is 0.640. The summed E-state index contributed by atoms with van der Waals surface area (Å²) in [5.41, 5.74) is 5.49. The molecule has 30 heavy (non-hydrogen) atoms. The van der Waals surface area contributed by atoms with Crippen molar-refractivity contribution in [1.82, 2.24) is 15.5 Å². The second-order valence-corrected chi connectivity index (χ2v) is 7.03. The number of aliphatic carboxylic acids is 2. The zero-order valence-corrected chi connectivity index (χ0v) is 16.5. The van der Waals surface area contributed by atoms with E-state index in [1.807, 2.05) is 0 Å². The molecular formula is C17H28N4O9. The van der Waals surface area contributed by atoms with Crippen LogP contribution in [0.5, 0.6) is 0 Å². The third-order valence-corrected chi connectivity index (χ3v) is 4.72. The average Bonchev–Trinajstić information content (AvgIpc) is 3.17. The molecule has 0 aromatic carbocycles. The second kappa shape index (κ2) is 11.4. The molecule has 8 N–H and O–H groups in total. The molecule has 0 bridgehead atoms. The van der Waals surface area contributed by atoms with Crippen LogP contribution in [-0.4, -0.2) is 98.4 Å². The Morgan fingerprint density at radius 3 is 2.27 bits per heavy atom. The lowest BCUT2D eigenvalue weighted by Gasteiger charge is -2.29. The highest BCUT2D eigenvalue weighted by Crippen LogP contribution is 2.19. The van der Waals surface area contributed by atoms with Gasteiger partial charge in [0.2, 0.25) is 17.7 Å². The minimum Gasteiger partial charge on any atom is -0.481 e. The number of nitrogens with one attached hydrogen (secondary N) is 2. The van der Waals surface area contributed by atoms with E-state index in [1.54, 1.807) is 0 Å². The van der Waals surface area contributed by atoms with Crippen molar-refractivity contribution in [2.24, 2.45) is 5.73 Å². The van der Waals surface area contributed by atoms with Crippen LogP contribution in [-0.2, 0) is 24.0 Å². The van der Waals surface area contributed by atoms with Crippen LogP contribution in [0.4, 0.5) is 0 Å². The van der Waals surface area contributed by atoms with Crippen molar-refractivity contribution in [3.05, 3.63) is 0 Å². The Morgan fingerprint density at radius 1 is 1.13 bits per heavy atom. The number of carboxylic acids is 2. The molecular weight excluding hydrogens is 404 g/mol. The number of aliphatic hydroxyl groups excluding tert-OH is 2. The van der Waals surface area contributed by atoms with Gasteiger partial charge in [-0.3, -0.25) is 19.2 Å². The first-order valence-electron chi connectivity index (χ1n) is 9.39. The van der Waals surface area contributed by atoms with Crippen LogP contribution < -0.4 is 16.4 Å². The second-order valence-electron chi connectivity index (χ2n) is 7.03. The molecule has 1 saturated heterocycles. The molecule has 0 spiro atoms. The molecule has 1 aliphatic heterocycles. The van der Waals surface area contributed by atoms with Gasteiger partial charge in [-0.05, 0) is 26.2 Å². The third kappa shape index (κ3) is 6.93. The number of nitrogens with two attached hydrogens (primary N) is 1. The highest BCUT2D eigenvalue weighted by Gasteiger charge is 2.39. The maximum absolute atomic E-state index is 12.7. The predicted molar refractivity (Wildman–Crippen MR) is 99.8 cm³/mol. The molecule has 1 aliphatic rings. The molecule has 5 atom stereocenters. The smallest absolute Gasteiger partial charge is 0.326 e. The fraction of sp³-hybridized carbons (Fsp3) is 0.706. The Hall–Kier alpha value is -2.77. The Bertz CT molecular complexity index is 670. The Labute approximate surface area is 172 Å². The molecule has 1 fully saturated rings. The number of hydrogen-bond acceptors (Lipinski definition) is 8. The lowest BCUT2D eigenvalue weighted by atomic mass is 10.1. The highest BCUT2D eigenvalue weighted by molar-refractivity contribution is 5.94. The number of hydrogen-bond donors (Lipinski definition) is 7. The molecule has 0 radical (unpaired) electrons. The SMILES string of the molecule is CC(O)C(N)C(=O)NC(CO)C(=O)N1CCCC1C(=O)NC(CCC(=O)O)C(=O)O. The number of carbonyl (C=O) groups excluding carboxylic acids is 3. The average molecular weight is 432 g/mol. The van der Waals surface area contributed by atoms with Gasteiger partial charge in [0.1, 0.15) is 24.2 Å². The van der Waals surface area contributed by atoms with Crippen LogP contribution >= 0.6 is 0 Å². The molecule has 13 nitrogen and oxygen atoms in total. The molecule has 1 rings (SSSR count). The van der Waals surface area contributed by atoms with Gasteiger partial charge in [0, 0.05) is 13.0 Å². The van der Waals surface area contributed by atoms with Crippen LogP contribution in [0.3, 0.4) is 0 Å². The van der Waals surface area contributed by atoms with Crippen molar-refractivity contribution in [1.29, 1.82) is 0 Å². The summed E-state index contributed by atoms with van der Waals surface area (Å²) in [6, 6.07) is -5.21. The van der Waals surface area contributed by atoms with Gasteiger partial charge in [-0.15, -0.1) is 0 Å². The van der Waals surface area contributed by atoms with Gasteiger partial charge in [-0.1, -0.05) is 0 Å². The first-order valence-corrected chi connectivity index (χ1v) is 9.39. The summed E-state index contributed by atoms with van der Waals surface area (Å²) in [6.07, 6.45) is -1.34. The minimum atomic E-state index is -1.44. The lowest BCUT2D eigenvalue weighted by molar-refractivity contribution is -0.146. The Morgan fingerprint density at radius 2 is 1.77 bits per heavy atom. The van der Waals surface area contributed by atoms with Crippen LogP contribution in [0.1, 0.15) is 32.6 Å². The molecule has 1 heterocycles. The van der Waals surface area contributed by atoms with Crippen molar-refractivity contribution in [3.8, 4) is 0 Å². The van der Waals surface area contributed by atoms with E-state index in [4.69, 9.17) is 10.8 Å². The molecule has 0 saturated carbocycles. The van der Waals surface area contributed by atoms with Crippen LogP contribution in [0.2, 0.25) is 0 Å². The van der Waals surface area contributed by atoms with E-state index in [9.17, 15) is 39.3 Å². The van der Waals surface area contributed by atoms with Crippen LogP contribution in [0.15, 0.2) is 0 Å². The number of aliphatic hydroxyl groups is 2. The first kappa shape index (κ1) is 25.3. The van der Waals surface area contributed by atoms with Crippen LogP contribution in [0.25, 0.3) is 0 Å². The van der Waals surface area contributed by atoms with E-state index in [1.165, 1.54) is 6.92 Å². The van der Waals surface area contributed by atoms with Crippen molar-refractivity contribution >= 4 is 29.7 Å². The van der Waals surface area contributed by atoms with E-state index in [2.05, 4.69) is 10.6 Å². The number of rotatable bonds is 11. The van der Waals surface area contributed by atoms with Crippen molar-refractivity contribution in [2.45, 2.75) is 62.9 Å². The summed E-state index contributed by atoms with van der Waals surface area (Å²) >= 11 is 0. The summed E-state index contributed by atoms with van der Waals surface area (Å²) in [5.74, 6) is -5.03. The van der Waals surface area contributed by atoms with Crippen molar-refractivity contribution in [2.75, 3.05) is 13.2 Å². The topological polar surface area (TPSA) is 220 Å². The van der Waals surface area contributed by atoms with E-state index >= 15 is 0 Å². The lowest BCUT2D eigenvalue weighted by Crippen LogP contribution is -2.58. The van der Waals surface area contributed by atoms with Gasteiger partial charge in [0.15, 0.2) is 0 Å². The summed E-state index contributed by atoms with van der Waals surface area (Å²) in [7, 11) is 0. The largest absolute Gasteiger partial charge is 0.481 e. The normalized spacial score (nSPS) is 20.0. The maximum Gasteiger partial charge on any atom is 0.326 e. The predicted octanol–water partition coefficient (Wildman–Crippen LogP) is -3.40. The van der Waals surface area contributed by atoms with Gasteiger partial charge >= 0.3 is 11.9 Å². The van der Waals surface area contributed by atoms with Crippen molar-refractivity contribution in [3.63, 3.8) is 0 Å². The maximum atomic E-state index is 12.7. The zero-order valence-electron chi connectivity index (χ0n) is 16.5. The molecule has 0 aromatic heterocycles.